The van der Waals surface area contributed by atoms with Crippen LogP contribution in [-0.4, -0.2) is 70.2 Å². The molecule has 1 saturated heterocycles. The van der Waals surface area contributed by atoms with Crippen molar-refractivity contribution in [3.8, 4) is 0 Å². The van der Waals surface area contributed by atoms with E-state index in [1.807, 2.05) is 38.1 Å². The minimum atomic E-state index is -0.692. The normalized spacial score (nSPS) is 37.0. The molecule has 3 fully saturated rings. The summed E-state index contributed by atoms with van der Waals surface area (Å²) in [6.07, 6.45) is 1.19. The zero-order valence-electron chi connectivity index (χ0n) is 21.1. The lowest BCUT2D eigenvalue weighted by Gasteiger charge is -2.60. The Morgan fingerprint density at radius 3 is 2.46 bits per heavy atom. The third-order valence-corrected chi connectivity index (χ3v) is 9.13. The standard InChI is InChI=1S/C27H40N2O6/c1-17-4-6-18(7-5-17)28-25(34)35-23-10-12-26(2)20(14-24(33)29-13-11-19(31)15-29)21(32)8-9-22(26)27(23,3)16-30/h4-7,19-23,30-32H,8-16H2,1-3H3,(H,28,34)/t19-,20-,21-,22+,23+,26-,27+/m1/s1. The van der Waals surface area contributed by atoms with Gasteiger partial charge in [0.25, 0.3) is 0 Å². The number of aryl methyl sites for hydroxylation is 1. The van der Waals surface area contributed by atoms with Crippen molar-refractivity contribution in [1.29, 1.82) is 0 Å². The van der Waals surface area contributed by atoms with Crippen LogP contribution in [0.4, 0.5) is 10.5 Å². The van der Waals surface area contributed by atoms with Crippen LogP contribution in [-0.2, 0) is 9.53 Å². The Morgan fingerprint density at radius 2 is 1.83 bits per heavy atom. The summed E-state index contributed by atoms with van der Waals surface area (Å²) in [5.41, 5.74) is 0.675. The molecule has 8 nitrogen and oxygen atoms in total. The summed E-state index contributed by atoms with van der Waals surface area (Å²) >= 11 is 0. The van der Waals surface area contributed by atoms with Gasteiger partial charge in [-0.1, -0.05) is 31.5 Å². The SMILES string of the molecule is Cc1ccc(NC(=O)O[C@H]2CC[C@@]3(C)[C@H](CC[C@@H](O)[C@H]3CC(=O)N3CC[C@@H](O)C3)[C@]2(C)CO)cc1. The Balaban J connectivity index is 1.48. The van der Waals surface area contributed by atoms with Gasteiger partial charge in [-0.15, -0.1) is 0 Å². The van der Waals surface area contributed by atoms with E-state index in [-0.39, 0.29) is 36.2 Å². The van der Waals surface area contributed by atoms with Gasteiger partial charge in [0, 0.05) is 30.6 Å². The van der Waals surface area contributed by atoms with Crippen molar-refractivity contribution in [2.75, 3.05) is 25.0 Å². The summed E-state index contributed by atoms with van der Waals surface area (Å²) in [7, 11) is 0. The molecule has 2 saturated carbocycles. The number of nitrogens with zero attached hydrogens (tertiary/aromatic N) is 1. The van der Waals surface area contributed by atoms with Crippen molar-refractivity contribution in [2.45, 2.75) is 77.6 Å². The Morgan fingerprint density at radius 1 is 1.11 bits per heavy atom. The third kappa shape index (κ3) is 5.06. The van der Waals surface area contributed by atoms with Crippen molar-refractivity contribution >= 4 is 17.7 Å². The van der Waals surface area contributed by atoms with Gasteiger partial charge in [-0.2, -0.15) is 0 Å². The molecule has 1 aliphatic heterocycles. The first kappa shape index (κ1) is 25.9. The van der Waals surface area contributed by atoms with Crippen LogP contribution in [0.1, 0.15) is 57.9 Å². The van der Waals surface area contributed by atoms with Gasteiger partial charge >= 0.3 is 6.09 Å². The van der Waals surface area contributed by atoms with Gasteiger partial charge in [0.1, 0.15) is 6.10 Å². The first-order chi connectivity index (χ1) is 16.6. The summed E-state index contributed by atoms with van der Waals surface area (Å²) in [5, 5.41) is 34.2. The quantitative estimate of drug-likeness (QED) is 0.506. The minimum absolute atomic E-state index is 0.0173. The summed E-state index contributed by atoms with van der Waals surface area (Å²) in [6, 6.07) is 7.47. The smallest absolute Gasteiger partial charge is 0.411 e. The van der Waals surface area contributed by atoms with E-state index in [2.05, 4.69) is 12.2 Å². The number of amides is 2. The molecule has 2 amide bonds. The minimum Gasteiger partial charge on any atom is -0.445 e. The molecular formula is C27H40N2O6. The molecule has 2 aliphatic carbocycles. The lowest BCUT2D eigenvalue weighted by atomic mass is 9.46. The fourth-order valence-electron chi connectivity index (χ4n) is 6.98. The highest BCUT2D eigenvalue weighted by Crippen LogP contribution is 2.61. The summed E-state index contributed by atoms with van der Waals surface area (Å²) < 4.78 is 5.89. The van der Waals surface area contributed by atoms with Crippen LogP contribution in [0.2, 0.25) is 0 Å². The Hall–Kier alpha value is -2.16. The second kappa shape index (κ2) is 10.1. The van der Waals surface area contributed by atoms with Gasteiger partial charge in [0.2, 0.25) is 5.91 Å². The zero-order valence-corrected chi connectivity index (χ0v) is 21.1. The molecule has 0 radical (unpaired) electrons. The fourth-order valence-corrected chi connectivity index (χ4v) is 6.98. The number of carbonyl (C=O) groups is 2. The van der Waals surface area contributed by atoms with Crippen LogP contribution in [0.25, 0.3) is 0 Å². The van der Waals surface area contributed by atoms with Crippen molar-refractivity contribution in [3.05, 3.63) is 29.8 Å². The van der Waals surface area contributed by atoms with Crippen LogP contribution in [0.5, 0.6) is 0 Å². The average Bonchev–Trinajstić information content (AvgIpc) is 3.26. The number of likely N-dealkylation sites (tertiary alicyclic amines) is 1. The molecule has 4 rings (SSSR count). The van der Waals surface area contributed by atoms with E-state index in [1.54, 1.807) is 4.90 Å². The number of β-amino-alcohol motifs (C(OH)–C–C–N with tert-alkyl or cyclic N) is 1. The topological polar surface area (TPSA) is 119 Å². The van der Waals surface area contributed by atoms with Gasteiger partial charge in [-0.25, -0.2) is 4.79 Å². The van der Waals surface area contributed by atoms with Crippen LogP contribution >= 0.6 is 0 Å². The molecule has 194 valence electrons. The molecule has 8 heteroatoms. The summed E-state index contributed by atoms with van der Waals surface area (Å²) in [6.45, 7) is 6.81. The molecule has 1 aromatic carbocycles. The van der Waals surface area contributed by atoms with Crippen LogP contribution in [0, 0.1) is 29.6 Å². The number of aliphatic hydroxyl groups is 3. The van der Waals surface area contributed by atoms with E-state index >= 15 is 0 Å². The second-order valence-electron chi connectivity index (χ2n) is 11.4. The Labute approximate surface area is 207 Å². The lowest BCUT2D eigenvalue weighted by molar-refractivity contribution is -0.186. The monoisotopic (exact) mass is 488 g/mol. The van der Waals surface area contributed by atoms with Crippen LogP contribution in [0.3, 0.4) is 0 Å². The molecule has 7 atom stereocenters. The first-order valence-corrected chi connectivity index (χ1v) is 12.9. The predicted octanol–water partition coefficient (Wildman–Crippen LogP) is 3.08. The highest BCUT2D eigenvalue weighted by molar-refractivity contribution is 5.84. The van der Waals surface area contributed by atoms with E-state index in [0.717, 1.165) is 5.56 Å². The number of benzene rings is 1. The number of hydrogen-bond acceptors (Lipinski definition) is 6. The van der Waals surface area contributed by atoms with Gasteiger partial charge in [-0.05, 0) is 68.4 Å². The molecule has 0 spiro atoms. The molecule has 0 aromatic heterocycles. The van der Waals surface area contributed by atoms with Gasteiger partial charge in [0.05, 0.1) is 18.8 Å². The van der Waals surface area contributed by atoms with Gasteiger partial charge < -0.3 is 25.0 Å². The van der Waals surface area contributed by atoms with Crippen molar-refractivity contribution in [2.24, 2.45) is 22.7 Å². The number of carbonyl (C=O) groups excluding carboxylic acids is 2. The van der Waals surface area contributed by atoms with E-state index in [9.17, 15) is 24.9 Å². The maximum atomic E-state index is 13.0. The molecule has 1 heterocycles. The van der Waals surface area contributed by atoms with Gasteiger partial charge in [-0.3, -0.25) is 10.1 Å². The highest BCUT2D eigenvalue weighted by atomic mass is 16.6. The predicted molar refractivity (Wildman–Crippen MR) is 132 cm³/mol. The largest absolute Gasteiger partial charge is 0.445 e. The molecule has 1 aromatic rings. The van der Waals surface area contributed by atoms with E-state index in [4.69, 9.17) is 4.74 Å². The van der Waals surface area contributed by atoms with Crippen molar-refractivity contribution in [1.82, 2.24) is 4.90 Å². The number of ether oxygens (including phenoxy) is 1. The lowest BCUT2D eigenvalue weighted by Crippen LogP contribution is -2.61. The average molecular weight is 489 g/mol. The molecule has 3 aliphatic rings. The maximum absolute atomic E-state index is 13.0. The Bertz CT molecular complexity index is 923. The summed E-state index contributed by atoms with van der Waals surface area (Å²) in [5.74, 6) is -0.301. The van der Waals surface area contributed by atoms with E-state index in [0.29, 0.717) is 50.9 Å². The molecule has 0 unspecified atom stereocenters. The van der Waals surface area contributed by atoms with Gasteiger partial charge in [0.15, 0.2) is 0 Å². The molecule has 4 N–H and O–H groups in total. The number of aliphatic hydroxyl groups excluding tert-OH is 3. The number of rotatable bonds is 5. The summed E-state index contributed by atoms with van der Waals surface area (Å²) in [4.78, 5) is 27.4. The van der Waals surface area contributed by atoms with Crippen molar-refractivity contribution in [3.63, 3.8) is 0 Å². The van der Waals surface area contributed by atoms with Crippen LogP contribution in [0.15, 0.2) is 24.3 Å². The number of nitrogens with one attached hydrogen (secondary N) is 1. The fraction of sp³-hybridized carbons (Fsp3) is 0.704. The number of hydrogen-bond donors (Lipinski definition) is 4. The number of fused-ring (bicyclic) bond motifs is 1. The highest BCUT2D eigenvalue weighted by Gasteiger charge is 2.60. The number of anilines is 1. The zero-order chi connectivity index (χ0) is 25.4. The molecule has 35 heavy (non-hydrogen) atoms. The molecular weight excluding hydrogens is 448 g/mol. The Kier molecular flexibility index (Phi) is 7.46. The van der Waals surface area contributed by atoms with E-state index in [1.165, 1.54) is 0 Å². The maximum Gasteiger partial charge on any atom is 0.411 e. The van der Waals surface area contributed by atoms with Crippen molar-refractivity contribution < 1.29 is 29.6 Å². The first-order valence-electron chi connectivity index (χ1n) is 12.9. The molecule has 0 bridgehead atoms. The third-order valence-electron chi connectivity index (χ3n) is 9.13. The second-order valence-corrected chi connectivity index (χ2v) is 11.4. The van der Waals surface area contributed by atoms with E-state index < -0.39 is 29.8 Å². The van der Waals surface area contributed by atoms with Crippen LogP contribution < -0.4 is 5.32 Å².